The van der Waals surface area contributed by atoms with Crippen LogP contribution >= 0.6 is 0 Å². The maximum absolute atomic E-state index is 11.4. The third-order valence-electron chi connectivity index (χ3n) is 2.10. The Kier molecular flexibility index (Phi) is 2.29. The Balaban J connectivity index is 2.25. The average Bonchev–Trinajstić information content (AvgIpc) is 2.64. The number of nitrogens with one attached hydrogen (secondary N) is 2. The van der Waals surface area contributed by atoms with Crippen molar-refractivity contribution in [2.45, 2.75) is 0 Å². The van der Waals surface area contributed by atoms with Gasteiger partial charge in [-0.3, -0.25) is 5.10 Å². The summed E-state index contributed by atoms with van der Waals surface area (Å²) in [7, 11) is 3.40. The van der Waals surface area contributed by atoms with Crippen molar-refractivity contribution in [1.82, 2.24) is 15.1 Å². The number of hydrogen-bond donors (Lipinski definition) is 2. The van der Waals surface area contributed by atoms with E-state index in [0.717, 1.165) is 16.6 Å². The Morgan fingerprint density at radius 2 is 2.27 bits per heavy atom. The van der Waals surface area contributed by atoms with Crippen molar-refractivity contribution < 1.29 is 4.79 Å². The SMILES string of the molecule is CN(C)C(=O)Nc1ccc2cn[nH]c2c1. The van der Waals surface area contributed by atoms with E-state index in [0.29, 0.717) is 0 Å². The number of fused-ring (bicyclic) bond motifs is 1. The number of aromatic nitrogens is 2. The molecule has 2 amide bonds. The van der Waals surface area contributed by atoms with E-state index in [-0.39, 0.29) is 6.03 Å². The van der Waals surface area contributed by atoms with Crippen LogP contribution in [0, 0.1) is 0 Å². The molecule has 2 rings (SSSR count). The van der Waals surface area contributed by atoms with Crippen LogP contribution in [0.4, 0.5) is 10.5 Å². The van der Waals surface area contributed by atoms with Crippen molar-refractivity contribution in [1.29, 1.82) is 0 Å². The van der Waals surface area contributed by atoms with Gasteiger partial charge in [0.25, 0.3) is 0 Å². The molecule has 0 unspecified atom stereocenters. The van der Waals surface area contributed by atoms with Crippen molar-refractivity contribution in [2.24, 2.45) is 0 Å². The van der Waals surface area contributed by atoms with Crippen LogP contribution in [0.2, 0.25) is 0 Å². The first kappa shape index (κ1) is 9.51. The predicted octanol–water partition coefficient (Wildman–Crippen LogP) is 1.66. The Labute approximate surface area is 87.1 Å². The zero-order chi connectivity index (χ0) is 10.8. The van der Waals surface area contributed by atoms with Crippen molar-refractivity contribution in [3.8, 4) is 0 Å². The second-order valence-corrected chi connectivity index (χ2v) is 3.50. The molecule has 1 aromatic carbocycles. The van der Waals surface area contributed by atoms with Gasteiger partial charge in [0.1, 0.15) is 0 Å². The van der Waals surface area contributed by atoms with E-state index in [1.807, 2.05) is 18.2 Å². The fourth-order valence-corrected chi connectivity index (χ4v) is 1.25. The first-order valence-corrected chi connectivity index (χ1v) is 4.58. The van der Waals surface area contributed by atoms with Gasteiger partial charge in [-0.1, -0.05) is 0 Å². The molecule has 5 heteroatoms. The van der Waals surface area contributed by atoms with E-state index >= 15 is 0 Å². The molecule has 0 bridgehead atoms. The highest BCUT2D eigenvalue weighted by Crippen LogP contribution is 2.16. The summed E-state index contributed by atoms with van der Waals surface area (Å²) >= 11 is 0. The first-order valence-electron chi connectivity index (χ1n) is 4.58. The van der Waals surface area contributed by atoms with Crippen LogP contribution < -0.4 is 5.32 Å². The highest BCUT2D eigenvalue weighted by atomic mass is 16.2. The molecule has 0 atom stereocenters. The molecule has 0 spiro atoms. The summed E-state index contributed by atoms with van der Waals surface area (Å²) in [5, 5.41) is 10.5. The van der Waals surface area contributed by atoms with E-state index in [4.69, 9.17) is 0 Å². The van der Waals surface area contributed by atoms with E-state index in [2.05, 4.69) is 15.5 Å². The number of H-pyrrole nitrogens is 1. The number of nitrogens with zero attached hydrogens (tertiary/aromatic N) is 2. The van der Waals surface area contributed by atoms with Crippen LogP contribution in [0.25, 0.3) is 10.9 Å². The van der Waals surface area contributed by atoms with Crippen LogP contribution in [0.15, 0.2) is 24.4 Å². The van der Waals surface area contributed by atoms with Crippen LogP contribution in [0.5, 0.6) is 0 Å². The highest BCUT2D eigenvalue weighted by molar-refractivity contribution is 5.92. The van der Waals surface area contributed by atoms with E-state index < -0.39 is 0 Å². The standard InChI is InChI=1S/C10H12N4O/c1-14(2)10(15)12-8-4-3-7-6-11-13-9(7)5-8/h3-6H,1-2H3,(H,11,13)(H,12,15). The van der Waals surface area contributed by atoms with Gasteiger partial charge in [0.2, 0.25) is 0 Å². The number of amides is 2. The topological polar surface area (TPSA) is 61.0 Å². The van der Waals surface area contributed by atoms with Gasteiger partial charge in [0.05, 0.1) is 11.7 Å². The summed E-state index contributed by atoms with van der Waals surface area (Å²) in [5.74, 6) is 0. The van der Waals surface area contributed by atoms with Gasteiger partial charge >= 0.3 is 6.03 Å². The van der Waals surface area contributed by atoms with E-state index in [9.17, 15) is 4.79 Å². The summed E-state index contributed by atoms with van der Waals surface area (Å²) in [6.07, 6.45) is 1.74. The quantitative estimate of drug-likeness (QED) is 0.742. The summed E-state index contributed by atoms with van der Waals surface area (Å²) in [6, 6.07) is 5.46. The van der Waals surface area contributed by atoms with Crippen molar-refractivity contribution in [2.75, 3.05) is 19.4 Å². The number of rotatable bonds is 1. The number of carbonyl (C=O) groups excluding carboxylic acids is 1. The number of benzene rings is 1. The molecule has 0 aliphatic rings. The molecule has 2 aromatic rings. The van der Waals surface area contributed by atoms with Crippen LogP contribution in [-0.4, -0.2) is 35.2 Å². The van der Waals surface area contributed by atoms with Crippen LogP contribution in [0.3, 0.4) is 0 Å². The lowest BCUT2D eigenvalue weighted by atomic mass is 10.2. The lowest BCUT2D eigenvalue weighted by molar-refractivity contribution is 0.230. The molecular weight excluding hydrogens is 192 g/mol. The molecule has 0 fully saturated rings. The Morgan fingerprint density at radius 3 is 3.00 bits per heavy atom. The monoisotopic (exact) mass is 204 g/mol. The van der Waals surface area contributed by atoms with Gasteiger partial charge in [-0.2, -0.15) is 5.10 Å². The van der Waals surface area contributed by atoms with Gasteiger partial charge < -0.3 is 10.2 Å². The zero-order valence-electron chi connectivity index (χ0n) is 8.61. The number of urea groups is 1. The molecule has 1 aromatic heterocycles. The molecule has 0 radical (unpaired) electrons. The molecule has 5 nitrogen and oxygen atoms in total. The van der Waals surface area contributed by atoms with Gasteiger partial charge in [0.15, 0.2) is 0 Å². The molecular formula is C10H12N4O. The van der Waals surface area contributed by atoms with Crippen molar-refractivity contribution >= 4 is 22.6 Å². The third kappa shape index (κ3) is 1.90. The van der Waals surface area contributed by atoms with Crippen LogP contribution in [0.1, 0.15) is 0 Å². The largest absolute Gasteiger partial charge is 0.331 e. The number of hydrogen-bond acceptors (Lipinski definition) is 2. The number of anilines is 1. The Morgan fingerprint density at radius 1 is 1.47 bits per heavy atom. The van der Waals surface area contributed by atoms with Crippen molar-refractivity contribution in [3.63, 3.8) is 0 Å². The minimum atomic E-state index is -0.145. The predicted molar refractivity (Wildman–Crippen MR) is 58.8 cm³/mol. The highest BCUT2D eigenvalue weighted by Gasteiger charge is 2.04. The smallest absolute Gasteiger partial charge is 0.321 e. The molecule has 78 valence electrons. The first-order chi connectivity index (χ1) is 7.16. The lowest BCUT2D eigenvalue weighted by Gasteiger charge is -2.11. The lowest BCUT2D eigenvalue weighted by Crippen LogP contribution is -2.27. The maximum Gasteiger partial charge on any atom is 0.321 e. The molecule has 0 aliphatic carbocycles. The second-order valence-electron chi connectivity index (χ2n) is 3.50. The molecule has 1 heterocycles. The zero-order valence-corrected chi connectivity index (χ0v) is 8.61. The van der Waals surface area contributed by atoms with Crippen LogP contribution in [-0.2, 0) is 0 Å². The van der Waals surface area contributed by atoms with Gasteiger partial charge in [-0.05, 0) is 18.2 Å². The van der Waals surface area contributed by atoms with E-state index in [1.54, 1.807) is 20.3 Å². The maximum atomic E-state index is 11.4. The van der Waals surface area contributed by atoms with Gasteiger partial charge in [-0.15, -0.1) is 0 Å². The third-order valence-corrected chi connectivity index (χ3v) is 2.10. The molecule has 0 saturated heterocycles. The van der Waals surface area contributed by atoms with Crippen molar-refractivity contribution in [3.05, 3.63) is 24.4 Å². The fraction of sp³-hybridized carbons (Fsp3) is 0.200. The number of carbonyl (C=O) groups is 1. The average molecular weight is 204 g/mol. The minimum Gasteiger partial charge on any atom is -0.331 e. The van der Waals surface area contributed by atoms with Gasteiger partial charge in [-0.25, -0.2) is 4.79 Å². The summed E-state index contributed by atoms with van der Waals surface area (Å²) in [5.41, 5.74) is 1.66. The Hall–Kier alpha value is -2.04. The molecule has 0 aliphatic heterocycles. The molecule has 0 saturated carbocycles. The second kappa shape index (κ2) is 3.61. The fourth-order valence-electron chi connectivity index (χ4n) is 1.25. The normalized spacial score (nSPS) is 10.3. The minimum absolute atomic E-state index is 0.145. The van der Waals surface area contributed by atoms with Gasteiger partial charge in [0, 0.05) is 25.2 Å². The molecule has 2 N–H and O–H groups in total. The summed E-state index contributed by atoms with van der Waals surface area (Å²) in [4.78, 5) is 12.9. The summed E-state index contributed by atoms with van der Waals surface area (Å²) in [6.45, 7) is 0. The Bertz CT molecular complexity index is 489. The molecule has 15 heavy (non-hydrogen) atoms. The van der Waals surface area contributed by atoms with E-state index in [1.165, 1.54) is 4.90 Å². The summed E-state index contributed by atoms with van der Waals surface area (Å²) < 4.78 is 0. The number of aromatic amines is 1.